The normalized spacial score (nSPS) is 10.5. The van der Waals surface area contributed by atoms with Crippen LogP contribution in [0.2, 0.25) is 5.02 Å². The van der Waals surface area contributed by atoms with Crippen LogP contribution in [-0.2, 0) is 16.0 Å². The molecule has 0 atom stereocenters. The molecule has 3 amide bonds. The zero-order valence-corrected chi connectivity index (χ0v) is 18.8. The van der Waals surface area contributed by atoms with E-state index in [-0.39, 0.29) is 18.9 Å². The number of hydrogen-bond donors (Lipinski definition) is 3. The third-order valence-electron chi connectivity index (χ3n) is 5.08. The number of nitrogens with one attached hydrogen (secondary N) is 3. The maximum Gasteiger partial charge on any atom is 0.270 e. The molecule has 0 aliphatic heterocycles. The van der Waals surface area contributed by atoms with Gasteiger partial charge in [0.1, 0.15) is 0 Å². The molecule has 8 heteroatoms. The van der Waals surface area contributed by atoms with Crippen LogP contribution in [0.25, 0.3) is 22.2 Å². The van der Waals surface area contributed by atoms with Crippen molar-refractivity contribution < 1.29 is 14.4 Å². The summed E-state index contributed by atoms with van der Waals surface area (Å²) < 4.78 is 0. The van der Waals surface area contributed by atoms with Crippen molar-refractivity contribution in [3.05, 3.63) is 101 Å². The van der Waals surface area contributed by atoms with Crippen LogP contribution in [0.15, 0.2) is 84.9 Å². The first-order chi connectivity index (χ1) is 16.5. The summed E-state index contributed by atoms with van der Waals surface area (Å²) in [4.78, 5) is 41.8. The van der Waals surface area contributed by atoms with Crippen molar-refractivity contribution >= 4 is 40.2 Å². The number of carbonyl (C=O) groups is 3. The number of hydrazine groups is 1. The van der Waals surface area contributed by atoms with E-state index >= 15 is 0 Å². The second-order valence-corrected chi connectivity index (χ2v) is 7.90. The zero-order chi connectivity index (χ0) is 23.9. The van der Waals surface area contributed by atoms with Crippen LogP contribution in [0.4, 0.5) is 0 Å². The van der Waals surface area contributed by atoms with Gasteiger partial charge < -0.3 is 5.32 Å². The largest absolute Gasteiger partial charge is 0.347 e. The molecule has 0 bridgehead atoms. The van der Waals surface area contributed by atoms with Gasteiger partial charge in [0.15, 0.2) is 0 Å². The van der Waals surface area contributed by atoms with Crippen molar-refractivity contribution in [2.45, 2.75) is 6.42 Å². The van der Waals surface area contributed by atoms with E-state index in [0.717, 1.165) is 5.56 Å². The second-order valence-electron chi connectivity index (χ2n) is 7.49. The summed E-state index contributed by atoms with van der Waals surface area (Å²) in [6.07, 6.45) is 0.161. The second kappa shape index (κ2) is 10.6. The molecule has 0 radical (unpaired) electrons. The Morgan fingerprint density at radius 2 is 1.50 bits per heavy atom. The van der Waals surface area contributed by atoms with Crippen molar-refractivity contribution in [3.63, 3.8) is 0 Å². The van der Waals surface area contributed by atoms with Crippen molar-refractivity contribution in [2.24, 2.45) is 0 Å². The van der Waals surface area contributed by atoms with Gasteiger partial charge in [-0.2, -0.15) is 0 Å². The lowest BCUT2D eigenvalue weighted by Gasteiger charge is -2.12. The van der Waals surface area contributed by atoms with E-state index in [9.17, 15) is 14.4 Å². The average Bonchev–Trinajstić information content (AvgIpc) is 2.86. The van der Waals surface area contributed by atoms with Crippen LogP contribution in [0.5, 0.6) is 0 Å². The number of carbonyl (C=O) groups excluding carboxylic acids is 3. The van der Waals surface area contributed by atoms with E-state index in [1.165, 1.54) is 0 Å². The monoisotopic (exact) mass is 472 g/mol. The van der Waals surface area contributed by atoms with Gasteiger partial charge in [0.25, 0.3) is 11.8 Å². The van der Waals surface area contributed by atoms with E-state index in [1.54, 1.807) is 30.3 Å². The Morgan fingerprint density at radius 1 is 0.794 bits per heavy atom. The number of amides is 3. The van der Waals surface area contributed by atoms with Crippen molar-refractivity contribution in [3.8, 4) is 11.3 Å². The Bertz CT molecular complexity index is 1360. The highest BCUT2D eigenvalue weighted by Crippen LogP contribution is 2.29. The highest BCUT2D eigenvalue weighted by Gasteiger charge is 2.16. The number of pyridine rings is 1. The number of halogens is 1. The van der Waals surface area contributed by atoms with Crippen LogP contribution in [0.3, 0.4) is 0 Å². The molecular weight excluding hydrogens is 452 g/mol. The lowest BCUT2D eigenvalue weighted by molar-refractivity contribution is -0.126. The number of aromatic nitrogens is 1. The van der Waals surface area contributed by atoms with Gasteiger partial charge in [-0.15, -0.1) is 0 Å². The summed E-state index contributed by atoms with van der Waals surface area (Å²) >= 11 is 6.32. The quantitative estimate of drug-likeness (QED) is 0.373. The Morgan fingerprint density at radius 3 is 2.29 bits per heavy atom. The number of hydrogen-bond acceptors (Lipinski definition) is 4. The van der Waals surface area contributed by atoms with Gasteiger partial charge in [-0.1, -0.05) is 78.3 Å². The molecule has 3 aromatic carbocycles. The lowest BCUT2D eigenvalue weighted by Crippen LogP contribution is -2.46. The van der Waals surface area contributed by atoms with Crippen LogP contribution >= 0.6 is 11.6 Å². The Balaban J connectivity index is 1.43. The van der Waals surface area contributed by atoms with E-state index in [0.29, 0.717) is 32.7 Å². The first kappa shape index (κ1) is 22.9. The smallest absolute Gasteiger partial charge is 0.270 e. The molecule has 170 valence electrons. The molecule has 4 aromatic rings. The van der Waals surface area contributed by atoms with E-state index in [1.807, 2.05) is 54.6 Å². The van der Waals surface area contributed by atoms with Crippen molar-refractivity contribution in [1.29, 1.82) is 0 Å². The summed E-state index contributed by atoms with van der Waals surface area (Å²) in [6.45, 7) is -0.270. The van der Waals surface area contributed by atoms with E-state index < -0.39 is 11.8 Å². The first-order valence-corrected chi connectivity index (χ1v) is 10.9. The van der Waals surface area contributed by atoms with Gasteiger partial charge in [0.05, 0.1) is 29.7 Å². The number of benzene rings is 3. The topological polar surface area (TPSA) is 100 Å². The van der Waals surface area contributed by atoms with Gasteiger partial charge >= 0.3 is 0 Å². The average molecular weight is 473 g/mol. The molecule has 0 unspecified atom stereocenters. The van der Waals surface area contributed by atoms with Crippen LogP contribution in [-0.4, -0.2) is 29.3 Å². The molecule has 34 heavy (non-hydrogen) atoms. The van der Waals surface area contributed by atoms with Crippen LogP contribution < -0.4 is 16.2 Å². The fourth-order valence-electron chi connectivity index (χ4n) is 3.43. The summed E-state index contributed by atoms with van der Waals surface area (Å²) in [5.74, 6) is -1.37. The van der Waals surface area contributed by atoms with Crippen LogP contribution in [0, 0.1) is 0 Å². The predicted molar refractivity (Wildman–Crippen MR) is 131 cm³/mol. The Kier molecular flexibility index (Phi) is 7.15. The van der Waals surface area contributed by atoms with Gasteiger partial charge in [0.2, 0.25) is 5.91 Å². The van der Waals surface area contributed by atoms with Crippen LogP contribution in [0.1, 0.15) is 15.9 Å². The van der Waals surface area contributed by atoms with Gasteiger partial charge in [-0.25, -0.2) is 4.98 Å². The predicted octanol–water partition coefficient (Wildman–Crippen LogP) is 3.68. The standard InChI is InChI=1S/C26H21ClN4O3/c27-21-12-6-4-11-19(21)23-15-20(18-10-5-7-13-22(18)29-23)26(34)31-30-25(33)16-28-24(32)14-17-8-2-1-3-9-17/h1-13,15H,14,16H2,(H,28,32)(H,30,33)(H,31,34). The summed E-state index contributed by atoms with van der Waals surface area (Å²) in [7, 11) is 0. The highest BCUT2D eigenvalue weighted by atomic mass is 35.5. The Labute approximate surface area is 201 Å². The first-order valence-electron chi connectivity index (χ1n) is 10.6. The molecule has 7 nitrogen and oxygen atoms in total. The minimum Gasteiger partial charge on any atom is -0.347 e. The fraction of sp³-hybridized carbons (Fsp3) is 0.0769. The molecule has 0 spiro atoms. The third kappa shape index (κ3) is 5.57. The number of para-hydroxylation sites is 1. The summed E-state index contributed by atoms with van der Waals surface area (Å²) in [5, 5.41) is 3.67. The third-order valence-corrected chi connectivity index (χ3v) is 5.41. The fourth-order valence-corrected chi connectivity index (χ4v) is 3.66. The van der Waals surface area contributed by atoms with E-state index in [2.05, 4.69) is 21.2 Å². The Hall–Kier alpha value is -4.23. The lowest BCUT2D eigenvalue weighted by atomic mass is 10.0. The SMILES string of the molecule is O=C(Cc1ccccc1)NCC(=O)NNC(=O)c1cc(-c2ccccc2Cl)nc2ccccc12. The number of fused-ring (bicyclic) bond motifs is 1. The molecule has 1 heterocycles. The minimum absolute atomic E-state index is 0.161. The van der Waals surface area contributed by atoms with Gasteiger partial charge in [0, 0.05) is 16.0 Å². The number of rotatable bonds is 6. The molecule has 1 aromatic heterocycles. The molecule has 4 rings (SSSR count). The molecule has 0 aliphatic rings. The highest BCUT2D eigenvalue weighted by molar-refractivity contribution is 6.33. The zero-order valence-electron chi connectivity index (χ0n) is 18.0. The van der Waals surface area contributed by atoms with E-state index in [4.69, 9.17) is 11.6 Å². The summed E-state index contributed by atoms with van der Waals surface area (Å²) in [6, 6.07) is 25.3. The molecule has 0 saturated carbocycles. The van der Waals surface area contributed by atoms with Gasteiger partial charge in [-0.3, -0.25) is 25.2 Å². The molecule has 0 fully saturated rings. The maximum atomic E-state index is 12.9. The maximum absolute atomic E-state index is 12.9. The molecular formula is C26H21ClN4O3. The van der Waals surface area contributed by atoms with Crippen molar-refractivity contribution in [2.75, 3.05) is 6.54 Å². The molecule has 0 saturated heterocycles. The minimum atomic E-state index is -0.556. The summed E-state index contributed by atoms with van der Waals surface area (Å²) in [5.41, 5.74) is 7.75. The molecule has 0 aliphatic carbocycles. The van der Waals surface area contributed by atoms with Gasteiger partial charge in [-0.05, 0) is 23.8 Å². The molecule has 3 N–H and O–H groups in total. The number of nitrogens with zero attached hydrogens (tertiary/aromatic N) is 1. The van der Waals surface area contributed by atoms with Crippen molar-refractivity contribution in [1.82, 2.24) is 21.2 Å².